The van der Waals surface area contributed by atoms with Gasteiger partial charge in [0.15, 0.2) is 5.71 Å². The smallest absolute Gasteiger partial charge is 0.358 e. The molecule has 0 aliphatic carbocycles. The van der Waals surface area contributed by atoms with Crippen molar-refractivity contribution < 1.29 is 9.53 Å². The molecule has 0 aliphatic heterocycles. The molecule has 0 unspecified atom stereocenters. The number of hydrogen-bond donors (Lipinski definition) is 0. The molecule has 0 radical (unpaired) electrons. The molecule has 0 amide bonds. The second-order valence-corrected chi connectivity index (χ2v) is 3.23. The van der Waals surface area contributed by atoms with Crippen molar-refractivity contribution in [3.63, 3.8) is 0 Å². The molecule has 4 heteroatoms. The van der Waals surface area contributed by atoms with E-state index in [0.29, 0.717) is 12.3 Å². The van der Waals surface area contributed by atoms with Gasteiger partial charge in [0.1, 0.15) is 0 Å². The van der Waals surface area contributed by atoms with E-state index in [-0.39, 0.29) is 5.71 Å². The molecule has 0 aromatic heterocycles. The second kappa shape index (κ2) is 6.58. The minimum atomic E-state index is -0.445. The first-order valence-electron chi connectivity index (χ1n) is 5.41. The Hall–Kier alpha value is -1.97. The fraction of sp³-hybridized carbons (Fsp3) is 0.308. The van der Waals surface area contributed by atoms with E-state index in [0.717, 1.165) is 5.56 Å². The van der Waals surface area contributed by atoms with E-state index in [4.69, 9.17) is 4.74 Å². The van der Waals surface area contributed by atoms with Crippen LogP contribution in [0.15, 0.2) is 40.3 Å². The predicted octanol–water partition coefficient (Wildman–Crippen LogP) is 1.74. The average molecular weight is 232 g/mol. The van der Waals surface area contributed by atoms with Gasteiger partial charge in [-0.2, -0.15) is 0 Å². The van der Waals surface area contributed by atoms with Gasteiger partial charge in [-0.3, -0.25) is 9.98 Å². The van der Waals surface area contributed by atoms with E-state index < -0.39 is 5.97 Å². The van der Waals surface area contributed by atoms with Crippen molar-refractivity contribution in [2.24, 2.45) is 9.98 Å². The van der Waals surface area contributed by atoms with Crippen LogP contribution in [0.25, 0.3) is 0 Å². The summed E-state index contributed by atoms with van der Waals surface area (Å²) in [6.07, 6.45) is 0. The van der Waals surface area contributed by atoms with Crippen LogP contribution >= 0.6 is 0 Å². The van der Waals surface area contributed by atoms with Crippen LogP contribution < -0.4 is 0 Å². The van der Waals surface area contributed by atoms with Gasteiger partial charge in [-0.25, -0.2) is 4.79 Å². The van der Waals surface area contributed by atoms with Gasteiger partial charge in [-0.1, -0.05) is 30.3 Å². The fourth-order valence-electron chi connectivity index (χ4n) is 1.46. The van der Waals surface area contributed by atoms with Crippen molar-refractivity contribution in [3.05, 3.63) is 35.9 Å². The molecule has 1 rings (SSSR count). The highest BCUT2D eigenvalue weighted by atomic mass is 16.5. The number of rotatable bonds is 4. The summed E-state index contributed by atoms with van der Waals surface area (Å²) in [7, 11) is 3.19. The molecule has 0 bridgehead atoms. The molecule has 1 aromatic carbocycles. The second-order valence-electron chi connectivity index (χ2n) is 3.23. The number of esters is 1. The lowest BCUT2D eigenvalue weighted by Gasteiger charge is -2.08. The molecule has 90 valence electrons. The summed E-state index contributed by atoms with van der Waals surface area (Å²) >= 11 is 0. The highest BCUT2D eigenvalue weighted by molar-refractivity contribution is 6.69. The van der Waals surface area contributed by atoms with Crippen LogP contribution in [0.5, 0.6) is 0 Å². The zero-order chi connectivity index (χ0) is 12.7. The summed E-state index contributed by atoms with van der Waals surface area (Å²) in [5.41, 5.74) is 1.65. The predicted molar refractivity (Wildman–Crippen MR) is 68.9 cm³/mol. The fourth-order valence-corrected chi connectivity index (χ4v) is 1.46. The van der Waals surface area contributed by atoms with Gasteiger partial charge in [0, 0.05) is 19.7 Å². The van der Waals surface area contributed by atoms with Crippen LogP contribution in [0, 0.1) is 0 Å². The molecule has 0 spiro atoms. The number of carbonyl (C=O) groups is 1. The summed E-state index contributed by atoms with van der Waals surface area (Å²) < 4.78 is 4.95. The lowest BCUT2D eigenvalue weighted by atomic mass is 10.1. The Morgan fingerprint density at radius 3 is 2.29 bits per heavy atom. The Labute approximate surface area is 101 Å². The van der Waals surface area contributed by atoms with Gasteiger partial charge < -0.3 is 4.74 Å². The van der Waals surface area contributed by atoms with Gasteiger partial charge >= 0.3 is 5.97 Å². The van der Waals surface area contributed by atoms with E-state index >= 15 is 0 Å². The Morgan fingerprint density at radius 2 is 1.82 bits per heavy atom. The first kappa shape index (κ1) is 13.1. The van der Waals surface area contributed by atoms with Crippen LogP contribution in [0.4, 0.5) is 0 Å². The van der Waals surface area contributed by atoms with E-state index in [1.807, 2.05) is 30.3 Å². The maximum Gasteiger partial charge on any atom is 0.358 e. The highest BCUT2D eigenvalue weighted by Gasteiger charge is 2.19. The normalized spacial score (nSPS) is 12.4. The van der Waals surface area contributed by atoms with Crippen molar-refractivity contribution in [2.75, 3.05) is 20.7 Å². The topological polar surface area (TPSA) is 51.0 Å². The van der Waals surface area contributed by atoms with Crippen LogP contribution in [0.1, 0.15) is 12.5 Å². The minimum Gasteiger partial charge on any atom is -0.461 e. The molecule has 0 saturated heterocycles. The summed E-state index contributed by atoms with van der Waals surface area (Å²) in [5.74, 6) is -0.445. The summed E-state index contributed by atoms with van der Waals surface area (Å²) in [4.78, 5) is 19.8. The molecule has 17 heavy (non-hydrogen) atoms. The minimum absolute atomic E-state index is 0.251. The van der Waals surface area contributed by atoms with Gasteiger partial charge in [0.05, 0.1) is 12.3 Å². The SMILES string of the molecule is CCOC(=O)C(=NC)C(=NC)c1ccccc1. The Bertz CT molecular complexity index is 436. The third-order valence-electron chi connectivity index (χ3n) is 2.19. The Balaban J connectivity index is 3.07. The first-order valence-corrected chi connectivity index (χ1v) is 5.41. The van der Waals surface area contributed by atoms with E-state index in [1.165, 1.54) is 0 Å². The summed E-state index contributed by atoms with van der Waals surface area (Å²) in [6.45, 7) is 2.08. The highest BCUT2D eigenvalue weighted by Crippen LogP contribution is 2.04. The summed E-state index contributed by atoms with van der Waals surface area (Å²) in [6, 6.07) is 9.45. The zero-order valence-corrected chi connectivity index (χ0v) is 10.3. The lowest BCUT2D eigenvalue weighted by Crippen LogP contribution is -2.27. The summed E-state index contributed by atoms with van der Waals surface area (Å²) in [5, 5.41) is 0. The monoisotopic (exact) mass is 232 g/mol. The van der Waals surface area contributed by atoms with Crippen LogP contribution in [0.2, 0.25) is 0 Å². The number of nitrogens with zero attached hydrogens (tertiary/aromatic N) is 2. The third-order valence-corrected chi connectivity index (χ3v) is 2.19. The molecule has 4 nitrogen and oxygen atoms in total. The lowest BCUT2D eigenvalue weighted by molar-refractivity contribution is -0.134. The van der Waals surface area contributed by atoms with E-state index in [2.05, 4.69) is 9.98 Å². The van der Waals surface area contributed by atoms with Gasteiger partial charge in [0.25, 0.3) is 0 Å². The molecule has 1 aromatic rings. The number of hydrogen-bond acceptors (Lipinski definition) is 4. The average Bonchev–Trinajstić information content (AvgIpc) is 2.37. The van der Waals surface area contributed by atoms with Crippen molar-refractivity contribution in [2.45, 2.75) is 6.92 Å². The number of ether oxygens (including phenoxy) is 1. The molecule has 0 fully saturated rings. The van der Waals surface area contributed by atoms with Crippen molar-refractivity contribution in [1.82, 2.24) is 0 Å². The molecular formula is C13H16N2O2. The molecule has 0 saturated carbocycles. The molecule has 0 atom stereocenters. The molecule has 0 aliphatic rings. The van der Waals surface area contributed by atoms with Crippen LogP contribution in [-0.2, 0) is 9.53 Å². The first-order chi connectivity index (χ1) is 8.24. The van der Waals surface area contributed by atoms with Crippen LogP contribution in [-0.4, -0.2) is 38.1 Å². The Morgan fingerprint density at radius 1 is 1.18 bits per heavy atom. The number of benzene rings is 1. The van der Waals surface area contributed by atoms with E-state index in [9.17, 15) is 4.79 Å². The quantitative estimate of drug-likeness (QED) is 0.586. The van der Waals surface area contributed by atoms with Crippen molar-refractivity contribution in [1.29, 1.82) is 0 Å². The zero-order valence-electron chi connectivity index (χ0n) is 10.3. The maximum atomic E-state index is 11.7. The largest absolute Gasteiger partial charge is 0.461 e. The van der Waals surface area contributed by atoms with Crippen molar-refractivity contribution in [3.8, 4) is 0 Å². The van der Waals surface area contributed by atoms with Crippen LogP contribution in [0.3, 0.4) is 0 Å². The third kappa shape index (κ3) is 3.24. The molecule has 0 N–H and O–H groups in total. The van der Waals surface area contributed by atoms with E-state index in [1.54, 1.807) is 21.0 Å². The Kier molecular flexibility index (Phi) is 5.07. The maximum absolute atomic E-state index is 11.7. The molecule has 0 heterocycles. The van der Waals surface area contributed by atoms with Gasteiger partial charge in [-0.15, -0.1) is 0 Å². The standard InChI is InChI=1S/C13H16N2O2/c1-4-17-13(16)12(15-3)11(14-2)10-8-6-5-7-9-10/h5-9H,4H2,1-3H3. The van der Waals surface area contributed by atoms with Gasteiger partial charge in [0.2, 0.25) is 0 Å². The molecular weight excluding hydrogens is 216 g/mol. The van der Waals surface area contributed by atoms with Crippen molar-refractivity contribution >= 4 is 17.4 Å². The van der Waals surface area contributed by atoms with Gasteiger partial charge in [-0.05, 0) is 6.92 Å². The number of carbonyl (C=O) groups excluding carboxylic acids is 1. The number of aliphatic imine (C=N–C) groups is 2.